The highest BCUT2D eigenvalue weighted by molar-refractivity contribution is 6.03. The van der Waals surface area contributed by atoms with E-state index in [-0.39, 0.29) is 0 Å². The van der Waals surface area contributed by atoms with Gasteiger partial charge in [-0.15, -0.1) is 0 Å². The van der Waals surface area contributed by atoms with Crippen LogP contribution in [0.4, 0.5) is 5.69 Å². The molecule has 24 heavy (non-hydrogen) atoms. The van der Waals surface area contributed by atoms with Gasteiger partial charge in [-0.25, -0.2) is 0 Å². The summed E-state index contributed by atoms with van der Waals surface area (Å²) in [7, 11) is 0. The summed E-state index contributed by atoms with van der Waals surface area (Å²) in [6, 6.07) is 23.9. The normalized spacial score (nSPS) is 13.3. The Kier molecular flexibility index (Phi) is 3.78. The Morgan fingerprint density at radius 1 is 0.667 bits per heavy atom. The minimum Gasteiger partial charge on any atom is -0.253 e. The number of hydrogen-bond donors (Lipinski definition) is 0. The summed E-state index contributed by atoms with van der Waals surface area (Å²) in [5.74, 6) is 0. The molecule has 0 N–H and O–H groups in total. The number of benzene rings is 3. The number of aliphatic imine (C=N–C) groups is 1. The van der Waals surface area contributed by atoms with Gasteiger partial charge in [0.1, 0.15) is 0 Å². The standard InChI is InChI=1S/C23H21N/c1-16-12-17(2)14-21(13-16)22-11-10-19-8-9-20(15-23(19)24-22)18-6-4-3-5-7-18/h3-9,12-15H,10-11H2,1-2H3. The van der Waals surface area contributed by atoms with Crippen molar-refractivity contribution in [1.29, 1.82) is 0 Å². The summed E-state index contributed by atoms with van der Waals surface area (Å²) < 4.78 is 0. The van der Waals surface area contributed by atoms with Crippen LogP contribution in [0.25, 0.3) is 11.1 Å². The second-order valence-electron chi connectivity index (χ2n) is 6.64. The zero-order valence-electron chi connectivity index (χ0n) is 14.2. The van der Waals surface area contributed by atoms with Crippen molar-refractivity contribution < 1.29 is 0 Å². The number of fused-ring (bicyclic) bond motifs is 1. The van der Waals surface area contributed by atoms with Crippen LogP contribution in [-0.2, 0) is 6.42 Å². The van der Waals surface area contributed by atoms with Crippen LogP contribution in [0.1, 0.15) is 28.7 Å². The van der Waals surface area contributed by atoms with Gasteiger partial charge in [-0.1, -0.05) is 71.8 Å². The third kappa shape index (κ3) is 2.90. The first-order chi connectivity index (χ1) is 11.7. The van der Waals surface area contributed by atoms with E-state index < -0.39 is 0 Å². The highest BCUT2D eigenvalue weighted by Crippen LogP contribution is 2.32. The van der Waals surface area contributed by atoms with Crippen LogP contribution in [0, 0.1) is 13.8 Å². The largest absolute Gasteiger partial charge is 0.253 e. The lowest BCUT2D eigenvalue weighted by Crippen LogP contribution is -2.08. The van der Waals surface area contributed by atoms with Crippen LogP contribution in [0.3, 0.4) is 0 Å². The molecular weight excluding hydrogens is 290 g/mol. The predicted molar refractivity (Wildman–Crippen MR) is 102 cm³/mol. The molecule has 0 atom stereocenters. The van der Waals surface area contributed by atoms with Gasteiger partial charge < -0.3 is 0 Å². The second kappa shape index (κ2) is 6.09. The molecule has 3 aromatic rings. The van der Waals surface area contributed by atoms with E-state index in [9.17, 15) is 0 Å². The molecule has 3 aromatic carbocycles. The Morgan fingerprint density at radius 3 is 2.17 bits per heavy atom. The van der Waals surface area contributed by atoms with Crippen LogP contribution < -0.4 is 0 Å². The monoisotopic (exact) mass is 311 g/mol. The predicted octanol–water partition coefficient (Wildman–Crippen LogP) is 6.04. The average molecular weight is 311 g/mol. The van der Waals surface area contributed by atoms with E-state index in [4.69, 9.17) is 4.99 Å². The fourth-order valence-electron chi connectivity index (χ4n) is 3.49. The molecular formula is C23H21N. The maximum Gasteiger partial charge on any atom is 0.0671 e. The second-order valence-corrected chi connectivity index (χ2v) is 6.64. The molecule has 0 aromatic heterocycles. The zero-order valence-corrected chi connectivity index (χ0v) is 14.2. The molecule has 1 nitrogen and oxygen atoms in total. The highest BCUT2D eigenvalue weighted by Gasteiger charge is 2.15. The summed E-state index contributed by atoms with van der Waals surface area (Å²) in [5, 5.41) is 0. The van der Waals surface area contributed by atoms with E-state index in [1.165, 1.54) is 39.1 Å². The Bertz CT molecular complexity index is 900. The van der Waals surface area contributed by atoms with E-state index >= 15 is 0 Å². The Labute approximate surface area is 143 Å². The van der Waals surface area contributed by atoms with E-state index in [1.54, 1.807) is 0 Å². The minimum absolute atomic E-state index is 1.01. The number of aryl methyl sites for hydroxylation is 3. The topological polar surface area (TPSA) is 12.4 Å². The molecule has 0 bridgehead atoms. The molecule has 1 aliphatic heterocycles. The molecule has 1 heterocycles. The maximum absolute atomic E-state index is 5.00. The fraction of sp³-hybridized carbons (Fsp3) is 0.174. The van der Waals surface area contributed by atoms with E-state index in [2.05, 4.69) is 80.6 Å². The van der Waals surface area contributed by atoms with Crippen molar-refractivity contribution in [3.05, 3.63) is 89.0 Å². The van der Waals surface area contributed by atoms with Crippen LogP contribution in [0.2, 0.25) is 0 Å². The van der Waals surface area contributed by atoms with Crippen LogP contribution in [-0.4, -0.2) is 5.71 Å². The minimum atomic E-state index is 1.01. The molecule has 1 aliphatic rings. The van der Waals surface area contributed by atoms with Crippen molar-refractivity contribution in [2.24, 2.45) is 4.99 Å². The third-order valence-electron chi connectivity index (χ3n) is 4.63. The van der Waals surface area contributed by atoms with Gasteiger partial charge in [0.05, 0.1) is 5.69 Å². The smallest absolute Gasteiger partial charge is 0.0671 e. The number of nitrogens with zero attached hydrogens (tertiary/aromatic N) is 1. The molecule has 0 saturated heterocycles. The van der Waals surface area contributed by atoms with Crippen LogP contribution in [0.5, 0.6) is 0 Å². The first-order valence-corrected chi connectivity index (χ1v) is 8.54. The molecule has 0 fully saturated rings. The molecule has 0 amide bonds. The van der Waals surface area contributed by atoms with E-state index in [0.29, 0.717) is 0 Å². The van der Waals surface area contributed by atoms with Crippen molar-refractivity contribution in [3.63, 3.8) is 0 Å². The number of rotatable bonds is 2. The Hall–Kier alpha value is -2.67. The molecule has 1 heteroatoms. The van der Waals surface area contributed by atoms with Crippen molar-refractivity contribution >= 4 is 11.4 Å². The van der Waals surface area contributed by atoms with Gasteiger partial charge in [-0.3, -0.25) is 4.99 Å². The van der Waals surface area contributed by atoms with Gasteiger partial charge in [0, 0.05) is 5.71 Å². The molecule has 0 unspecified atom stereocenters. The average Bonchev–Trinajstić information content (AvgIpc) is 2.61. The first-order valence-electron chi connectivity index (χ1n) is 8.54. The SMILES string of the molecule is Cc1cc(C)cc(C2=Nc3cc(-c4ccccc4)ccc3CC2)c1. The molecule has 0 spiro atoms. The maximum atomic E-state index is 5.00. The van der Waals surface area contributed by atoms with Gasteiger partial charge in [-0.2, -0.15) is 0 Å². The Morgan fingerprint density at radius 2 is 1.42 bits per heavy atom. The van der Waals surface area contributed by atoms with Crippen molar-refractivity contribution in [1.82, 2.24) is 0 Å². The molecule has 0 saturated carbocycles. The van der Waals surface area contributed by atoms with Crippen molar-refractivity contribution in [3.8, 4) is 11.1 Å². The van der Waals surface area contributed by atoms with Gasteiger partial charge in [0.25, 0.3) is 0 Å². The lowest BCUT2D eigenvalue weighted by atomic mass is 9.93. The summed E-state index contributed by atoms with van der Waals surface area (Å²) in [6.45, 7) is 4.31. The molecule has 118 valence electrons. The van der Waals surface area contributed by atoms with Crippen molar-refractivity contribution in [2.75, 3.05) is 0 Å². The molecule has 0 aliphatic carbocycles. The van der Waals surface area contributed by atoms with Gasteiger partial charge in [0.15, 0.2) is 0 Å². The molecule has 0 radical (unpaired) electrons. The highest BCUT2D eigenvalue weighted by atomic mass is 14.8. The lowest BCUT2D eigenvalue weighted by Gasteiger charge is -2.17. The fourth-order valence-corrected chi connectivity index (χ4v) is 3.49. The lowest BCUT2D eigenvalue weighted by molar-refractivity contribution is 1.01. The van der Waals surface area contributed by atoms with E-state index in [0.717, 1.165) is 18.5 Å². The Balaban J connectivity index is 1.77. The summed E-state index contributed by atoms with van der Waals surface area (Å²) in [5.41, 5.74) is 10.0. The van der Waals surface area contributed by atoms with Crippen LogP contribution >= 0.6 is 0 Å². The zero-order chi connectivity index (χ0) is 16.5. The first kappa shape index (κ1) is 14.9. The third-order valence-corrected chi connectivity index (χ3v) is 4.63. The van der Waals surface area contributed by atoms with Gasteiger partial charge in [0.2, 0.25) is 0 Å². The summed E-state index contributed by atoms with van der Waals surface area (Å²) >= 11 is 0. The number of hydrogen-bond acceptors (Lipinski definition) is 1. The quantitative estimate of drug-likeness (QED) is 0.547. The van der Waals surface area contributed by atoms with Gasteiger partial charge in [-0.05, 0) is 55.0 Å². The van der Waals surface area contributed by atoms with Crippen molar-refractivity contribution in [2.45, 2.75) is 26.7 Å². The molecule has 4 rings (SSSR count). The van der Waals surface area contributed by atoms with Gasteiger partial charge >= 0.3 is 0 Å². The summed E-state index contributed by atoms with van der Waals surface area (Å²) in [4.78, 5) is 5.00. The van der Waals surface area contributed by atoms with E-state index in [1.807, 2.05) is 0 Å². The summed E-state index contributed by atoms with van der Waals surface area (Å²) in [6.07, 6.45) is 2.08. The van der Waals surface area contributed by atoms with Crippen LogP contribution in [0.15, 0.2) is 71.7 Å².